The molecule has 0 aliphatic rings. The van der Waals surface area contributed by atoms with Crippen LogP contribution in [-0.2, 0) is 16.4 Å². The van der Waals surface area contributed by atoms with Crippen molar-refractivity contribution in [3.63, 3.8) is 0 Å². The summed E-state index contributed by atoms with van der Waals surface area (Å²) in [7, 11) is -1.04. The highest BCUT2D eigenvalue weighted by Crippen LogP contribution is 2.32. The van der Waals surface area contributed by atoms with Crippen LogP contribution in [0.5, 0.6) is 11.5 Å². The summed E-state index contributed by atoms with van der Waals surface area (Å²) in [6.07, 6.45) is 1.41. The lowest BCUT2D eigenvalue weighted by Gasteiger charge is -2.16. The van der Waals surface area contributed by atoms with Gasteiger partial charge in [-0.2, -0.15) is 0 Å². The molecule has 0 amide bonds. The van der Waals surface area contributed by atoms with Gasteiger partial charge in [-0.1, -0.05) is 48.5 Å². The van der Waals surface area contributed by atoms with Crippen LogP contribution < -0.4 is 14.9 Å². The van der Waals surface area contributed by atoms with Crippen molar-refractivity contribution in [3.05, 3.63) is 94.8 Å². The van der Waals surface area contributed by atoms with Gasteiger partial charge in [-0.15, -0.1) is 0 Å². The summed E-state index contributed by atoms with van der Waals surface area (Å²) in [4.78, 5) is 13.1. The number of methoxy groups -OCH3 is 2. The van der Waals surface area contributed by atoms with Gasteiger partial charge < -0.3 is 14.0 Å². The van der Waals surface area contributed by atoms with Crippen molar-refractivity contribution in [1.29, 1.82) is 0 Å². The van der Waals surface area contributed by atoms with Gasteiger partial charge in [-0.05, 0) is 23.8 Å². The molecule has 1 aromatic heterocycles. The third kappa shape index (κ3) is 3.80. The molecule has 31 heavy (non-hydrogen) atoms. The van der Waals surface area contributed by atoms with E-state index in [1.165, 1.54) is 38.6 Å². The molecule has 158 valence electrons. The summed E-state index contributed by atoms with van der Waals surface area (Å²) in [5, 5.41) is 0.241. The number of ether oxygens (including phenoxy) is 2. The zero-order valence-corrected chi connectivity index (χ0v) is 17.9. The van der Waals surface area contributed by atoms with Crippen LogP contribution in [0.1, 0.15) is 5.56 Å². The molecule has 0 radical (unpaired) electrons. The third-order valence-electron chi connectivity index (χ3n) is 5.09. The van der Waals surface area contributed by atoms with Crippen molar-refractivity contribution < 1.29 is 17.9 Å². The number of sulfone groups is 1. The fraction of sp³-hybridized carbons (Fsp3) is 0.125. The van der Waals surface area contributed by atoms with E-state index >= 15 is 0 Å². The molecule has 0 aliphatic carbocycles. The van der Waals surface area contributed by atoms with E-state index in [2.05, 4.69) is 0 Å². The number of hydrogen-bond acceptors (Lipinski definition) is 5. The Kier molecular flexibility index (Phi) is 5.52. The van der Waals surface area contributed by atoms with Gasteiger partial charge in [0.05, 0.1) is 30.0 Å². The van der Waals surface area contributed by atoms with Gasteiger partial charge in [-0.25, -0.2) is 8.42 Å². The lowest BCUT2D eigenvalue weighted by Crippen LogP contribution is -2.20. The Balaban J connectivity index is 2.04. The molecule has 7 heteroatoms. The van der Waals surface area contributed by atoms with E-state index in [0.29, 0.717) is 23.6 Å². The van der Waals surface area contributed by atoms with Crippen molar-refractivity contribution >= 4 is 20.7 Å². The summed E-state index contributed by atoms with van der Waals surface area (Å²) < 4.78 is 39.1. The Morgan fingerprint density at radius 3 is 2.03 bits per heavy atom. The van der Waals surface area contributed by atoms with Gasteiger partial charge in [-0.3, -0.25) is 4.79 Å². The zero-order chi connectivity index (χ0) is 22.0. The molecule has 0 saturated heterocycles. The number of nitrogens with zero attached hydrogens (tertiary/aromatic N) is 1. The second kappa shape index (κ2) is 8.28. The van der Waals surface area contributed by atoms with Crippen molar-refractivity contribution in [2.45, 2.75) is 16.3 Å². The van der Waals surface area contributed by atoms with Crippen LogP contribution in [0, 0.1) is 0 Å². The summed E-state index contributed by atoms with van der Waals surface area (Å²) in [5.74, 6) is 0.808. The monoisotopic (exact) mass is 435 g/mol. The topological polar surface area (TPSA) is 74.6 Å². The summed E-state index contributed by atoms with van der Waals surface area (Å²) >= 11 is 0. The lowest BCUT2D eigenvalue weighted by atomic mass is 10.1. The zero-order valence-electron chi connectivity index (χ0n) is 17.1. The minimum absolute atomic E-state index is 0.0678. The molecule has 0 atom stereocenters. The Morgan fingerprint density at radius 2 is 1.42 bits per heavy atom. The highest BCUT2D eigenvalue weighted by molar-refractivity contribution is 7.91. The van der Waals surface area contributed by atoms with Crippen LogP contribution in [0.15, 0.2) is 93.6 Å². The van der Waals surface area contributed by atoms with E-state index in [-0.39, 0.29) is 15.2 Å². The first-order chi connectivity index (χ1) is 15.0. The summed E-state index contributed by atoms with van der Waals surface area (Å²) in [6, 6.07) is 20.8. The first-order valence-corrected chi connectivity index (χ1v) is 11.1. The molecule has 0 spiro atoms. The Labute approximate surface area is 180 Å². The molecule has 0 saturated carbocycles. The predicted molar refractivity (Wildman–Crippen MR) is 119 cm³/mol. The molecule has 0 unspecified atom stereocenters. The minimum atomic E-state index is -4.02. The molecule has 0 fully saturated rings. The van der Waals surface area contributed by atoms with Crippen molar-refractivity contribution in [3.8, 4) is 11.5 Å². The lowest BCUT2D eigenvalue weighted by molar-refractivity contribution is 0.355. The van der Waals surface area contributed by atoms with Crippen molar-refractivity contribution in [1.82, 2.24) is 4.57 Å². The predicted octanol–water partition coefficient (Wildman–Crippen LogP) is 3.90. The SMILES string of the molecule is COc1cc2c(=O)c(S(=O)(=O)c3ccccc3)cn(Cc3ccccc3)c2cc1OC. The molecule has 0 bridgehead atoms. The largest absolute Gasteiger partial charge is 0.493 e. The van der Waals surface area contributed by atoms with Gasteiger partial charge in [0, 0.05) is 18.8 Å². The molecule has 0 aliphatic heterocycles. The molecule has 4 rings (SSSR count). The average Bonchev–Trinajstić information content (AvgIpc) is 2.81. The average molecular weight is 436 g/mol. The van der Waals surface area contributed by atoms with Crippen LogP contribution in [0.2, 0.25) is 0 Å². The van der Waals surface area contributed by atoms with Crippen LogP contribution in [0.3, 0.4) is 0 Å². The summed E-state index contributed by atoms with van der Waals surface area (Å²) in [6.45, 7) is 0.379. The molecule has 1 heterocycles. The van der Waals surface area contributed by atoms with Crippen LogP contribution >= 0.6 is 0 Å². The van der Waals surface area contributed by atoms with Gasteiger partial charge in [0.1, 0.15) is 4.90 Å². The number of fused-ring (bicyclic) bond motifs is 1. The minimum Gasteiger partial charge on any atom is -0.493 e. The number of hydrogen-bond donors (Lipinski definition) is 0. The molecule has 6 nitrogen and oxygen atoms in total. The molecule has 0 N–H and O–H groups in total. The van der Waals surface area contributed by atoms with Gasteiger partial charge >= 0.3 is 0 Å². The smallest absolute Gasteiger partial charge is 0.211 e. The normalized spacial score (nSPS) is 11.4. The number of benzene rings is 3. The van der Waals surface area contributed by atoms with E-state index in [1.54, 1.807) is 28.8 Å². The maximum atomic E-state index is 13.3. The Bertz CT molecular complexity index is 1400. The Morgan fingerprint density at radius 1 is 0.839 bits per heavy atom. The molecular formula is C24H21NO5S. The van der Waals surface area contributed by atoms with Crippen molar-refractivity contribution in [2.24, 2.45) is 0 Å². The van der Waals surface area contributed by atoms with E-state index in [4.69, 9.17) is 9.47 Å². The number of pyridine rings is 1. The molecule has 3 aromatic carbocycles. The second-order valence-corrected chi connectivity index (χ2v) is 8.89. The van der Waals surface area contributed by atoms with Gasteiger partial charge in [0.2, 0.25) is 15.3 Å². The maximum Gasteiger partial charge on any atom is 0.211 e. The van der Waals surface area contributed by atoms with Gasteiger partial charge in [0.25, 0.3) is 0 Å². The summed E-state index contributed by atoms with van der Waals surface area (Å²) in [5.41, 5.74) is 0.938. The Hall–Kier alpha value is -3.58. The van der Waals surface area contributed by atoms with Crippen LogP contribution in [-0.4, -0.2) is 27.2 Å². The van der Waals surface area contributed by atoms with E-state index in [1.807, 2.05) is 30.3 Å². The quantitative estimate of drug-likeness (QED) is 0.459. The molecule has 4 aromatic rings. The maximum absolute atomic E-state index is 13.3. The van der Waals surface area contributed by atoms with Crippen LogP contribution in [0.25, 0.3) is 10.9 Å². The van der Waals surface area contributed by atoms with Crippen LogP contribution in [0.4, 0.5) is 0 Å². The highest BCUT2D eigenvalue weighted by atomic mass is 32.2. The number of rotatable bonds is 6. The fourth-order valence-corrected chi connectivity index (χ4v) is 4.91. The molecular weight excluding hydrogens is 414 g/mol. The van der Waals surface area contributed by atoms with E-state index in [9.17, 15) is 13.2 Å². The standard InChI is InChI=1S/C24H21NO5S/c1-29-21-13-19-20(14-22(21)30-2)25(15-17-9-5-3-6-10-17)16-23(24(19)26)31(27,28)18-11-7-4-8-12-18/h3-14,16H,15H2,1-2H3. The second-order valence-electron chi connectivity index (χ2n) is 6.98. The van der Waals surface area contributed by atoms with Gasteiger partial charge in [0.15, 0.2) is 11.5 Å². The first-order valence-electron chi connectivity index (χ1n) is 9.59. The highest BCUT2D eigenvalue weighted by Gasteiger charge is 2.24. The first kappa shape index (κ1) is 20.7. The van der Waals surface area contributed by atoms with E-state index in [0.717, 1.165) is 5.56 Å². The number of aromatic nitrogens is 1. The van der Waals surface area contributed by atoms with Crippen molar-refractivity contribution in [2.75, 3.05) is 14.2 Å². The third-order valence-corrected chi connectivity index (χ3v) is 6.85. The fourth-order valence-electron chi connectivity index (χ4n) is 3.52. The van der Waals surface area contributed by atoms with E-state index < -0.39 is 15.3 Å².